The second kappa shape index (κ2) is 7.34. The SMILES string of the molecule is CCOCCN1CCC[C@@H]1CN1CCCCC1. The number of likely N-dealkylation sites (tertiary alicyclic amines) is 2. The second-order valence-electron chi connectivity index (χ2n) is 5.39. The molecule has 0 amide bonds. The molecule has 0 aliphatic carbocycles. The maximum atomic E-state index is 5.48. The lowest BCUT2D eigenvalue weighted by Gasteiger charge is -2.32. The minimum Gasteiger partial charge on any atom is -0.380 e. The molecular formula is C14H28N2O. The smallest absolute Gasteiger partial charge is 0.0593 e. The van der Waals surface area contributed by atoms with Crippen LogP contribution in [0.25, 0.3) is 0 Å². The summed E-state index contributed by atoms with van der Waals surface area (Å²) in [6, 6.07) is 0.800. The van der Waals surface area contributed by atoms with Crippen LogP contribution in [0.15, 0.2) is 0 Å². The van der Waals surface area contributed by atoms with Crippen molar-refractivity contribution < 1.29 is 4.74 Å². The van der Waals surface area contributed by atoms with Crippen LogP contribution in [0.1, 0.15) is 39.0 Å². The van der Waals surface area contributed by atoms with Gasteiger partial charge in [-0.2, -0.15) is 0 Å². The molecular weight excluding hydrogens is 212 g/mol. The Morgan fingerprint density at radius 1 is 1.06 bits per heavy atom. The molecule has 2 saturated heterocycles. The molecule has 0 N–H and O–H groups in total. The van der Waals surface area contributed by atoms with Gasteiger partial charge in [-0.05, 0) is 52.2 Å². The first-order valence-corrected chi connectivity index (χ1v) is 7.44. The third-order valence-corrected chi connectivity index (χ3v) is 4.14. The van der Waals surface area contributed by atoms with E-state index in [0.717, 1.165) is 25.8 Å². The highest BCUT2D eigenvalue weighted by atomic mass is 16.5. The molecule has 2 fully saturated rings. The molecule has 0 spiro atoms. The van der Waals surface area contributed by atoms with Gasteiger partial charge < -0.3 is 9.64 Å². The number of hydrogen-bond donors (Lipinski definition) is 0. The number of ether oxygens (including phenoxy) is 1. The fourth-order valence-corrected chi connectivity index (χ4v) is 3.16. The topological polar surface area (TPSA) is 15.7 Å². The molecule has 0 saturated carbocycles. The van der Waals surface area contributed by atoms with E-state index in [1.165, 1.54) is 58.3 Å². The van der Waals surface area contributed by atoms with E-state index >= 15 is 0 Å². The van der Waals surface area contributed by atoms with Gasteiger partial charge in [-0.3, -0.25) is 4.90 Å². The summed E-state index contributed by atoms with van der Waals surface area (Å²) in [7, 11) is 0. The molecule has 2 aliphatic heterocycles. The third kappa shape index (κ3) is 4.23. The highest BCUT2D eigenvalue weighted by Gasteiger charge is 2.26. The molecule has 0 unspecified atom stereocenters. The Kier molecular flexibility index (Phi) is 5.75. The molecule has 0 bridgehead atoms. The summed E-state index contributed by atoms with van der Waals surface area (Å²) < 4.78 is 5.48. The van der Waals surface area contributed by atoms with E-state index in [0.29, 0.717) is 0 Å². The fourth-order valence-electron chi connectivity index (χ4n) is 3.16. The molecule has 17 heavy (non-hydrogen) atoms. The largest absolute Gasteiger partial charge is 0.380 e. The Bertz CT molecular complexity index is 204. The zero-order valence-electron chi connectivity index (χ0n) is 11.4. The first-order chi connectivity index (χ1) is 8.40. The van der Waals surface area contributed by atoms with Crippen molar-refractivity contribution >= 4 is 0 Å². The molecule has 2 heterocycles. The van der Waals surface area contributed by atoms with Crippen molar-refractivity contribution in [1.82, 2.24) is 9.80 Å². The van der Waals surface area contributed by atoms with E-state index in [1.807, 2.05) is 0 Å². The van der Waals surface area contributed by atoms with E-state index < -0.39 is 0 Å². The van der Waals surface area contributed by atoms with Crippen molar-refractivity contribution in [2.24, 2.45) is 0 Å². The predicted molar refractivity (Wildman–Crippen MR) is 71.4 cm³/mol. The quantitative estimate of drug-likeness (QED) is 0.660. The lowest BCUT2D eigenvalue weighted by atomic mass is 10.1. The number of rotatable bonds is 6. The first kappa shape index (κ1) is 13.3. The van der Waals surface area contributed by atoms with Crippen LogP contribution in [-0.2, 0) is 4.74 Å². The number of nitrogens with zero attached hydrogens (tertiary/aromatic N) is 2. The lowest BCUT2D eigenvalue weighted by Crippen LogP contribution is -2.43. The van der Waals surface area contributed by atoms with Crippen LogP contribution in [0.5, 0.6) is 0 Å². The number of hydrogen-bond acceptors (Lipinski definition) is 3. The van der Waals surface area contributed by atoms with Gasteiger partial charge in [0.15, 0.2) is 0 Å². The van der Waals surface area contributed by atoms with Crippen molar-refractivity contribution in [3.63, 3.8) is 0 Å². The van der Waals surface area contributed by atoms with Crippen LogP contribution in [0.2, 0.25) is 0 Å². The molecule has 2 aliphatic rings. The Morgan fingerprint density at radius 3 is 2.65 bits per heavy atom. The molecule has 3 nitrogen and oxygen atoms in total. The molecule has 0 radical (unpaired) electrons. The average molecular weight is 240 g/mol. The van der Waals surface area contributed by atoms with Crippen LogP contribution in [-0.4, -0.2) is 61.8 Å². The number of piperidine rings is 1. The predicted octanol–water partition coefficient (Wildman–Crippen LogP) is 1.97. The van der Waals surface area contributed by atoms with E-state index in [4.69, 9.17) is 4.74 Å². The Balaban J connectivity index is 1.70. The van der Waals surface area contributed by atoms with Crippen molar-refractivity contribution in [2.45, 2.75) is 45.1 Å². The summed E-state index contributed by atoms with van der Waals surface area (Å²) in [5, 5.41) is 0. The van der Waals surface area contributed by atoms with Crippen molar-refractivity contribution in [3.8, 4) is 0 Å². The molecule has 3 heteroatoms. The summed E-state index contributed by atoms with van der Waals surface area (Å²) in [4.78, 5) is 5.32. The van der Waals surface area contributed by atoms with Gasteiger partial charge in [-0.15, -0.1) is 0 Å². The molecule has 100 valence electrons. The first-order valence-electron chi connectivity index (χ1n) is 7.44. The van der Waals surface area contributed by atoms with Crippen LogP contribution < -0.4 is 0 Å². The molecule has 0 aromatic carbocycles. The van der Waals surface area contributed by atoms with Gasteiger partial charge in [0.25, 0.3) is 0 Å². The zero-order valence-corrected chi connectivity index (χ0v) is 11.4. The van der Waals surface area contributed by atoms with Crippen molar-refractivity contribution in [2.75, 3.05) is 45.9 Å². The second-order valence-corrected chi connectivity index (χ2v) is 5.39. The fraction of sp³-hybridized carbons (Fsp3) is 1.00. The van der Waals surface area contributed by atoms with Crippen LogP contribution in [0.4, 0.5) is 0 Å². The highest BCUT2D eigenvalue weighted by Crippen LogP contribution is 2.19. The van der Waals surface area contributed by atoms with E-state index in [1.54, 1.807) is 0 Å². The van der Waals surface area contributed by atoms with Gasteiger partial charge in [0, 0.05) is 25.7 Å². The Labute approximate surface area is 106 Å². The average Bonchev–Trinajstić information content (AvgIpc) is 2.79. The monoisotopic (exact) mass is 240 g/mol. The normalized spacial score (nSPS) is 27.7. The van der Waals surface area contributed by atoms with Crippen LogP contribution >= 0.6 is 0 Å². The summed E-state index contributed by atoms with van der Waals surface area (Å²) in [5.74, 6) is 0. The van der Waals surface area contributed by atoms with Gasteiger partial charge in [0.1, 0.15) is 0 Å². The van der Waals surface area contributed by atoms with E-state index in [2.05, 4.69) is 16.7 Å². The van der Waals surface area contributed by atoms with Gasteiger partial charge in [0.05, 0.1) is 6.61 Å². The van der Waals surface area contributed by atoms with Crippen molar-refractivity contribution in [3.05, 3.63) is 0 Å². The molecule has 2 rings (SSSR count). The van der Waals surface area contributed by atoms with Crippen molar-refractivity contribution in [1.29, 1.82) is 0 Å². The van der Waals surface area contributed by atoms with Gasteiger partial charge in [-0.25, -0.2) is 0 Å². The van der Waals surface area contributed by atoms with E-state index in [-0.39, 0.29) is 0 Å². The highest BCUT2D eigenvalue weighted by molar-refractivity contribution is 4.82. The van der Waals surface area contributed by atoms with E-state index in [9.17, 15) is 0 Å². The molecule has 0 aromatic rings. The Morgan fingerprint density at radius 2 is 1.88 bits per heavy atom. The summed E-state index contributed by atoms with van der Waals surface area (Å²) >= 11 is 0. The third-order valence-electron chi connectivity index (χ3n) is 4.14. The lowest BCUT2D eigenvalue weighted by molar-refractivity contribution is 0.0940. The van der Waals surface area contributed by atoms with Gasteiger partial charge >= 0.3 is 0 Å². The molecule has 0 aromatic heterocycles. The van der Waals surface area contributed by atoms with Crippen LogP contribution in [0.3, 0.4) is 0 Å². The molecule has 1 atom stereocenters. The van der Waals surface area contributed by atoms with Crippen LogP contribution in [0, 0.1) is 0 Å². The minimum atomic E-state index is 0.800. The maximum absolute atomic E-state index is 5.48. The maximum Gasteiger partial charge on any atom is 0.0593 e. The summed E-state index contributed by atoms with van der Waals surface area (Å²) in [6.07, 6.45) is 7.03. The Hall–Kier alpha value is -0.120. The summed E-state index contributed by atoms with van der Waals surface area (Å²) in [5.41, 5.74) is 0. The van der Waals surface area contributed by atoms with Gasteiger partial charge in [-0.1, -0.05) is 6.42 Å². The summed E-state index contributed by atoms with van der Waals surface area (Å²) in [6.45, 7) is 10.2. The standard InChI is InChI=1S/C14H28N2O/c1-2-17-12-11-16-10-6-7-14(16)13-15-8-4-3-5-9-15/h14H,2-13H2,1H3/t14-/m1/s1. The van der Waals surface area contributed by atoms with Gasteiger partial charge in [0.2, 0.25) is 0 Å². The zero-order chi connectivity index (χ0) is 11.9. The minimum absolute atomic E-state index is 0.800.